The molecule has 258 valence electrons. The van der Waals surface area contributed by atoms with Crippen molar-refractivity contribution >= 4 is 34.4 Å². The van der Waals surface area contributed by atoms with E-state index in [0.29, 0.717) is 37.6 Å². The van der Waals surface area contributed by atoms with Crippen molar-refractivity contribution < 1.29 is 19.1 Å². The van der Waals surface area contributed by atoms with Crippen LogP contribution in [0.15, 0.2) is 83.9 Å². The van der Waals surface area contributed by atoms with Crippen molar-refractivity contribution in [2.45, 2.75) is 39.5 Å². The highest BCUT2D eigenvalue weighted by atomic mass is 32.1. The first-order chi connectivity index (χ1) is 25.5. The van der Waals surface area contributed by atoms with E-state index in [1.54, 1.807) is 24.3 Å². The Hall–Kier alpha value is -6.96. The lowest BCUT2D eigenvalue weighted by molar-refractivity contribution is 0.0593. The van der Waals surface area contributed by atoms with E-state index in [1.807, 2.05) is 80.6 Å². The SMILES string of the molecule is COC(=O)c1cc(C#Cc2ccc(C(=C(C#N)C#N)C(=C(C#N)C#N)c3cc(C(=O)OC)c4cc(C(C)C)cccc3-4)s2)c2cccc(C(C)C)cc1-2. The fourth-order valence-electron chi connectivity index (χ4n) is 6.08. The maximum absolute atomic E-state index is 13.1. The summed E-state index contributed by atoms with van der Waals surface area (Å²) in [5.74, 6) is 5.57. The summed E-state index contributed by atoms with van der Waals surface area (Å²) in [6, 6.07) is 29.6. The van der Waals surface area contributed by atoms with Crippen molar-refractivity contribution in [3.63, 3.8) is 0 Å². The molecule has 4 aliphatic carbocycles. The summed E-state index contributed by atoms with van der Waals surface area (Å²) in [7, 11) is 2.60. The molecule has 0 spiro atoms. The zero-order valence-corrected chi connectivity index (χ0v) is 30.7. The number of hydrogen-bond acceptors (Lipinski definition) is 9. The summed E-state index contributed by atoms with van der Waals surface area (Å²) in [6.45, 7) is 8.18. The van der Waals surface area contributed by atoms with Crippen molar-refractivity contribution in [1.29, 1.82) is 21.0 Å². The molecule has 0 fully saturated rings. The maximum Gasteiger partial charge on any atom is 0.338 e. The number of esters is 2. The summed E-state index contributed by atoms with van der Waals surface area (Å²) >= 11 is 1.17. The molecule has 8 nitrogen and oxygen atoms in total. The second-order valence-electron chi connectivity index (χ2n) is 12.6. The number of methoxy groups -OCH3 is 2. The van der Waals surface area contributed by atoms with Crippen molar-refractivity contribution in [1.82, 2.24) is 0 Å². The third-order valence-corrected chi connectivity index (χ3v) is 9.84. The molecule has 0 saturated carbocycles. The highest BCUT2D eigenvalue weighted by Crippen LogP contribution is 2.46. The number of ether oxygens (including phenoxy) is 2. The number of rotatable bonds is 7. The van der Waals surface area contributed by atoms with Gasteiger partial charge in [-0.2, -0.15) is 21.0 Å². The maximum atomic E-state index is 13.1. The smallest absolute Gasteiger partial charge is 0.338 e. The van der Waals surface area contributed by atoms with Crippen LogP contribution >= 0.6 is 11.3 Å². The number of carbonyl (C=O) groups is 2. The Kier molecular flexibility index (Phi) is 11.2. The number of thiophene rings is 1. The van der Waals surface area contributed by atoms with Crippen molar-refractivity contribution in [2.24, 2.45) is 0 Å². The number of fused-ring (bicyclic) bond motifs is 2. The van der Waals surface area contributed by atoms with Crippen LogP contribution in [0, 0.1) is 57.2 Å². The number of carbonyl (C=O) groups excluding carboxylic acids is 2. The largest absolute Gasteiger partial charge is 0.465 e. The van der Waals surface area contributed by atoms with Crippen LogP contribution in [0.3, 0.4) is 0 Å². The lowest BCUT2D eigenvalue weighted by atomic mass is 9.88. The Balaban J connectivity index is 1.72. The van der Waals surface area contributed by atoms with Crippen molar-refractivity contribution in [2.75, 3.05) is 14.2 Å². The normalized spacial score (nSPS) is 10.3. The van der Waals surface area contributed by atoms with Crippen LogP contribution in [-0.4, -0.2) is 26.2 Å². The van der Waals surface area contributed by atoms with E-state index in [-0.39, 0.29) is 39.7 Å². The third kappa shape index (κ3) is 7.28. The molecule has 0 amide bonds. The van der Waals surface area contributed by atoms with E-state index in [1.165, 1.54) is 31.6 Å². The zero-order valence-electron chi connectivity index (χ0n) is 29.9. The molecule has 0 atom stereocenters. The van der Waals surface area contributed by atoms with E-state index in [9.17, 15) is 30.6 Å². The van der Waals surface area contributed by atoms with E-state index in [0.717, 1.165) is 22.3 Å². The lowest BCUT2D eigenvalue weighted by Crippen LogP contribution is -2.00. The highest BCUT2D eigenvalue weighted by molar-refractivity contribution is 7.13. The fraction of sp³-hybridized carbons (Fsp3) is 0.182. The van der Waals surface area contributed by atoms with Crippen LogP contribution in [0.1, 0.15) is 92.3 Å². The molecule has 4 aliphatic rings. The summed E-state index contributed by atoms with van der Waals surface area (Å²) in [5, 5.41) is 40.9. The van der Waals surface area contributed by atoms with Gasteiger partial charge >= 0.3 is 11.9 Å². The number of nitriles is 4. The minimum Gasteiger partial charge on any atom is -0.465 e. The molecule has 1 aromatic heterocycles. The monoisotopic (exact) mass is 712 g/mol. The van der Waals surface area contributed by atoms with Crippen LogP contribution in [-0.2, 0) is 9.47 Å². The molecule has 53 heavy (non-hydrogen) atoms. The van der Waals surface area contributed by atoms with E-state index >= 15 is 0 Å². The van der Waals surface area contributed by atoms with Crippen LogP contribution in [0.2, 0.25) is 0 Å². The lowest BCUT2D eigenvalue weighted by Gasteiger charge is -2.12. The van der Waals surface area contributed by atoms with E-state index in [2.05, 4.69) is 25.7 Å². The molecule has 0 aliphatic heterocycles. The summed E-state index contributed by atoms with van der Waals surface area (Å²) in [4.78, 5) is 26.8. The van der Waals surface area contributed by atoms with Crippen LogP contribution in [0.5, 0.6) is 0 Å². The minimum atomic E-state index is -0.624. The first-order valence-electron chi connectivity index (χ1n) is 16.5. The van der Waals surface area contributed by atoms with Gasteiger partial charge in [0.25, 0.3) is 0 Å². The van der Waals surface area contributed by atoms with E-state index < -0.39 is 11.9 Å². The van der Waals surface area contributed by atoms with Gasteiger partial charge in [0.05, 0.1) is 30.2 Å². The Morgan fingerprint density at radius 2 is 1.09 bits per heavy atom. The second kappa shape index (κ2) is 15.9. The molecule has 0 N–H and O–H groups in total. The topological polar surface area (TPSA) is 148 Å². The average molecular weight is 713 g/mol. The van der Waals surface area contributed by atoms with Gasteiger partial charge in [-0.05, 0) is 81.1 Å². The third-order valence-electron chi connectivity index (χ3n) is 8.83. The standard InChI is InChI=1S/C44H32N4O4S/c1-25(2)27-9-7-11-33-29(19-38(35(33)17-27)43(49)51-5)13-14-32-15-16-40(53-32)42(31(23-47)24-48)41(30(21-45)22-46)37-20-39(44(50)52-6)36-18-28(26(3)4)10-8-12-34(36)37/h7-12,15-20,25-26H,1-6H3. The van der Waals surface area contributed by atoms with Crippen molar-refractivity contribution in [3.05, 3.63) is 127 Å². The highest BCUT2D eigenvalue weighted by Gasteiger charge is 2.30. The predicted octanol–water partition coefficient (Wildman–Crippen LogP) is 9.48. The molecule has 0 aromatic carbocycles. The minimum absolute atomic E-state index is 0.0325. The molecular formula is C44H32N4O4S. The van der Waals surface area contributed by atoms with Gasteiger partial charge in [-0.3, -0.25) is 0 Å². The molecule has 0 saturated heterocycles. The Bertz CT molecular complexity index is 2500. The zero-order chi connectivity index (χ0) is 38.4. The molecule has 1 heterocycles. The molecule has 0 unspecified atom stereocenters. The second-order valence-corrected chi connectivity index (χ2v) is 13.7. The number of nitrogens with zero attached hydrogens (tertiary/aromatic N) is 4. The van der Waals surface area contributed by atoms with Gasteiger partial charge in [-0.25, -0.2) is 9.59 Å². The molecular weight excluding hydrogens is 681 g/mol. The van der Waals surface area contributed by atoms with Crippen LogP contribution < -0.4 is 0 Å². The van der Waals surface area contributed by atoms with Gasteiger partial charge in [0.15, 0.2) is 0 Å². The van der Waals surface area contributed by atoms with Gasteiger partial charge in [-0.1, -0.05) is 82.0 Å². The van der Waals surface area contributed by atoms with Crippen molar-refractivity contribution in [3.8, 4) is 58.4 Å². The molecule has 0 bridgehead atoms. The van der Waals surface area contributed by atoms with Crippen LogP contribution in [0.4, 0.5) is 0 Å². The summed E-state index contributed by atoms with van der Waals surface area (Å²) < 4.78 is 10.2. The predicted molar refractivity (Wildman–Crippen MR) is 204 cm³/mol. The quantitative estimate of drug-likeness (QED) is 0.0701. The van der Waals surface area contributed by atoms with Crippen LogP contribution in [0.25, 0.3) is 33.4 Å². The first-order valence-corrected chi connectivity index (χ1v) is 17.3. The Morgan fingerprint density at radius 3 is 1.62 bits per heavy atom. The van der Waals surface area contributed by atoms with Gasteiger partial charge in [0, 0.05) is 21.6 Å². The van der Waals surface area contributed by atoms with E-state index in [4.69, 9.17) is 9.47 Å². The number of hydrogen-bond donors (Lipinski definition) is 0. The van der Waals surface area contributed by atoms with Gasteiger partial charge < -0.3 is 9.47 Å². The molecule has 1 aromatic rings. The summed E-state index contributed by atoms with van der Waals surface area (Å²) in [5.41, 5.74) is 5.46. The van der Waals surface area contributed by atoms with Gasteiger partial charge in [0.1, 0.15) is 35.4 Å². The van der Waals surface area contributed by atoms with Gasteiger partial charge in [-0.15, -0.1) is 11.3 Å². The first kappa shape index (κ1) is 37.3. The Morgan fingerprint density at radius 1 is 0.585 bits per heavy atom. The molecule has 0 radical (unpaired) electrons. The molecule has 9 heteroatoms. The average Bonchev–Trinajstić information content (AvgIpc) is 3.75. The number of allylic oxidation sites excluding steroid dienone is 4. The fourth-order valence-corrected chi connectivity index (χ4v) is 7.00. The van der Waals surface area contributed by atoms with Gasteiger partial charge in [0.2, 0.25) is 0 Å². The summed E-state index contributed by atoms with van der Waals surface area (Å²) in [6.07, 6.45) is 0. The molecule has 5 rings (SSSR count). The Labute approximate surface area is 312 Å².